The number of unbranched alkanes of at least 4 members (excludes halogenated alkanes) is 1. The molecule has 0 aromatic heterocycles. The highest BCUT2D eigenvalue weighted by molar-refractivity contribution is 6.27. The van der Waals surface area contributed by atoms with Gasteiger partial charge in [0, 0.05) is 13.2 Å². The molecule has 1 fully saturated rings. The van der Waals surface area contributed by atoms with Gasteiger partial charge in [0.05, 0.1) is 26.9 Å². The van der Waals surface area contributed by atoms with Gasteiger partial charge in [-0.15, -0.1) is 0 Å². The van der Waals surface area contributed by atoms with Crippen LogP contribution in [0.4, 0.5) is 0 Å². The third-order valence-corrected chi connectivity index (χ3v) is 3.96. The Hall–Kier alpha value is -2.52. The van der Waals surface area contributed by atoms with Gasteiger partial charge >= 0.3 is 11.9 Å². The van der Waals surface area contributed by atoms with Crippen LogP contribution in [0.25, 0.3) is 0 Å². The topological polar surface area (TPSA) is 124 Å². The molecule has 0 bridgehead atoms. The van der Waals surface area contributed by atoms with Gasteiger partial charge in [-0.3, -0.25) is 0 Å². The zero-order valence-electron chi connectivity index (χ0n) is 16.3. The molecule has 0 spiro atoms. The highest BCUT2D eigenvalue weighted by atomic mass is 16.5. The SMILES string of the molecule is COc1cccc(OC)c1OCCCCNCC1CCCO1.O=C(O)C(=O)O. The normalized spacial score (nSPS) is 15.3. The zero-order valence-corrected chi connectivity index (χ0v) is 16.3. The van der Waals surface area contributed by atoms with Gasteiger partial charge in [0.15, 0.2) is 11.5 Å². The van der Waals surface area contributed by atoms with Crippen LogP contribution in [0.5, 0.6) is 17.2 Å². The first kappa shape index (κ1) is 23.5. The predicted octanol–water partition coefficient (Wildman–Crippen LogP) is 1.79. The van der Waals surface area contributed by atoms with Crippen LogP contribution < -0.4 is 19.5 Å². The van der Waals surface area contributed by atoms with E-state index < -0.39 is 11.9 Å². The van der Waals surface area contributed by atoms with E-state index in [0.29, 0.717) is 30.0 Å². The number of benzene rings is 1. The molecular formula is C19H29NO8. The van der Waals surface area contributed by atoms with Crippen molar-refractivity contribution in [3.63, 3.8) is 0 Å². The summed E-state index contributed by atoms with van der Waals surface area (Å²) in [5.74, 6) is -1.56. The lowest BCUT2D eigenvalue weighted by Gasteiger charge is -2.14. The summed E-state index contributed by atoms with van der Waals surface area (Å²) in [6, 6.07) is 5.64. The summed E-state index contributed by atoms with van der Waals surface area (Å²) in [5, 5.41) is 18.2. The van der Waals surface area contributed by atoms with Crippen molar-refractivity contribution in [3.05, 3.63) is 18.2 Å². The van der Waals surface area contributed by atoms with Crippen molar-refractivity contribution >= 4 is 11.9 Å². The first-order valence-corrected chi connectivity index (χ1v) is 9.12. The van der Waals surface area contributed by atoms with Crippen molar-refractivity contribution in [1.29, 1.82) is 0 Å². The number of carbonyl (C=O) groups is 2. The summed E-state index contributed by atoms with van der Waals surface area (Å²) in [4.78, 5) is 18.2. The third-order valence-electron chi connectivity index (χ3n) is 3.96. The molecule has 9 nitrogen and oxygen atoms in total. The van der Waals surface area contributed by atoms with Crippen LogP contribution in [-0.2, 0) is 14.3 Å². The van der Waals surface area contributed by atoms with E-state index in [1.807, 2.05) is 18.2 Å². The molecule has 28 heavy (non-hydrogen) atoms. The van der Waals surface area contributed by atoms with Gasteiger partial charge in [0.25, 0.3) is 0 Å². The number of aliphatic carboxylic acids is 2. The number of hydrogen-bond acceptors (Lipinski definition) is 7. The van der Waals surface area contributed by atoms with Crippen molar-refractivity contribution in [3.8, 4) is 17.2 Å². The first-order chi connectivity index (χ1) is 13.5. The molecule has 3 N–H and O–H groups in total. The summed E-state index contributed by atoms with van der Waals surface area (Å²) >= 11 is 0. The Kier molecular flexibility index (Phi) is 11.4. The fourth-order valence-corrected chi connectivity index (χ4v) is 2.55. The number of carboxylic acids is 2. The highest BCUT2D eigenvalue weighted by Crippen LogP contribution is 2.36. The average Bonchev–Trinajstić information content (AvgIpc) is 3.21. The van der Waals surface area contributed by atoms with Crippen molar-refractivity contribution in [2.75, 3.05) is 40.5 Å². The summed E-state index contributed by atoms with van der Waals surface area (Å²) in [6.45, 7) is 3.52. The molecule has 158 valence electrons. The number of rotatable bonds is 10. The standard InChI is InChI=1S/C17H27NO4.C2H2O4/c1-19-15-8-5-9-16(20-2)17(15)22-11-4-3-10-18-13-14-7-6-12-21-14;3-1(4)2(5)6/h5,8-9,14,18H,3-4,6-7,10-13H2,1-2H3;(H,3,4)(H,5,6). The minimum Gasteiger partial charge on any atom is -0.493 e. The summed E-state index contributed by atoms with van der Waals surface area (Å²) in [6.07, 6.45) is 4.85. The molecule has 1 atom stereocenters. The second-order valence-corrected chi connectivity index (χ2v) is 6.00. The lowest BCUT2D eigenvalue weighted by atomic mass is 10.2. The summed E-state index contributed by atoms with van der Waals surface area (Å²) < 4.78 is 22.0. The fourth-order valence-electron chi connectivity index (χ4n) is 2.55. The smallest absolute Gasteiger partial charge is 0.414 e. The molecule has 0 saturated carbocycles. The number of para-hydroxylation sites is 1. The van der Waals surface area contributed by atoms with Crippen LogP contribution >= 0.6 is 0 Å². The van der Waals surface area contributed by atoms with Crippen molar-refractivity contribution < 1.29 is 38.7 Å². The molecule has 1 heterocycles. The van der Waals surface area contributed by atoms with E-state index in [1.165, 1.54) is 12.8 Å². The summed E-state index contributed by atoms with van der Waals surface area (Å²) in [5.41, 5.74) is 0. The Balaban J connectivity index is 0.000000568. The van der Waals surface area contributed by atoms with Crippen LogP contribution in [0.3, 0.4) is 0 Å². The number of methoxy groups -OCH3 is 2. The lowest BCUT2D eigenvalue weighted by Crippen LogP contribution is -2.27. The van der Waals surface area contributed by atoms with Gasteiger partial charge in [-0.05, 0) is 44.4 Å². The number of nitrogens with one attached hydrogen (secondary N) is 1. The van der Waals surface area contributed by atoms with E-state index in [4.69, 9.17) is 38.7 Å². The molecule has 1 aliphatic rings. The highest BCUT2D eigenvalue weighted by Gasteiger charge is 2.14. The molecule has 1 aromatic rings. The molecule has 1 aliphatic heterocycles. The maximum absolute atomic E-state index is 9.10. The minimum atomic E-state index is -1.82. The molecular weight excluding hydrogens is 370 g/mol. The predicted molar refractivity (Wildman–Crippen MR) is 101 cm³/mol. The lowest BCUT2D eigenvalue weighted by molar-refractivity contribution is -0.159. The molecule has 1 aromatic carbocycles. The molecule has 1 unspecified atom stereocenters. The van der Waals surface area contributed by atoms with Crippen LogP contribution in [0.1, 0.15) is 25.7 Å². The van der Waals surface area contributed by atoms with E-state index in [1.54, 1.807) is 14.2 Å². The molecule has 0 amide bonds. The van der Waals surface area contributed by atoms with E-state index in [2.05, 4.69) is 5.32 Å². The molecule has 1 saturated heterocycles. The van der Waals surface area contributed by atoms with E-state index >= 15 is 0 Å². The monoisotopic (exact) mass is 399 g/mol. The largest absolute Gasteiger partial charge is 0.493 e. The third kappa shape index (κ3) is 8.92. The van der Waals surface area contributed by atoms with Gasteiger partial charge in [0.1, 0.15) is 0 Å². The minimum absolute atomic E-state index is 0.411. The van der Waals surface area contributed by atoms with Crippen LogP contribution in [0, 0.1) is 0 Å². The Morgan fingerprint density at radius 3 is 2.29 bits per heavy atom. The Morgan fingerprint density at radius 1 is 1.14 bits per heavy atom. The first-order valence-electron chi connectivity index (χ1n) is 9.12. The number of hydrogen-bond donors (Lipinski definition) is 3. The zero-order chi connectivity index (χ0) is 20.8. The van der Waals surface area contributed by atoms with Gasteiger partial charge in [-0.1, -0.05) is 6.07 Å². The Labute approximate surface area is 164 Å². The quantitative estimate of drug-likeness (QED) is 0.399. The number of ether oxygens (including phenoxy) is 4. The Bertz CT molecular complexity index is 567. The van der Waals surface area contributed by atoms with E-state index in [9.17, 15) is 0 Å². The van der Waals surface area contributed by atoms with E-state index in [0.717, 1.165) is 32.5 Å². The maximum atomic E-state index is 9.10. The number of carboxylic acid groups (broad SMARTS) is 2. The van der Waals surface area contributed by atoms with Crippen LogP contribution in [0.15, 0.2) is 18.2 Å². The van der Waals surface area contributed by atoms with Crippen molar-refractivity contribution in [2.45, 2.75) is 31.8 Å². The van der Waals surface area contributed by atoms with Gasteiger partial charge in [-0.2, -0.15) is 0 Å². The maximum Gasteiger partial charge on any atom is 0.414 e. The van der Waals surface area contributed by atoms with Crippen LogP contribution in [-0.4, -0.2) is 68.8 Å². The second-order valence-electron chi connectivity index (χ2n) is 6.00. The van der Waals surface area contributed by atoms with Gasteiger partial charge < -0.3 is 34.5 Å². The van der Waals surface area contributed by atoms with E-state index in [-0.39, 0.29) is 0 Å². The van der Waals surface area contributed by atoms with Gasteiger partial charge in [-0.25, -0.2) is 9.59 Å². The fraction of sp³-hybridized carbons (Fsp3) is 0.579. The van der Waals surface area contributed by atoms with Crippen molar-refractivity contribution in [2.24, 2.45) is 0 Å². The average molecular weight is 399 g/mol. The molecule has 0 aliphatic carbocycles. The second kappa shape index (κ2) is 13.6. The molecule has 0 radical (unpaired) electrons. The summed E-state index contributed by atoms with van der Waals surface area (Å²) in [7, 11) is 3.27. The van der Waals surface area contributed by atoms with Gasteiger partial charge in [0.2, 0.25) is 5.75 Å². The molecule has 9 heteroatoms. The van der Waals surface area contributed by atoms with Crippen molar-refractivity contribution in [1.82, 2.24) is 5.32 Å². The van der Waals surface area contributed by atoms with Crippen LogP contribution in [0.2, 0.25) is 0 Å². The molecule has 2 rings (SSSR count). The Morgan fingerprint density at radius 2 is 1.79 bits per heavy atom.